The molecule has 0 saturated heterocycles. The predicted octanol–water partition coefficient (Wildman–Crippen LogP) is 3.88. The van der Waals surface area contributed by atoms with Gasteiger partial charge in [0, 0.05) is 22.2 Å². The number of carbonyl (C=O) groups is 1. The standard InChI is InChI=1S/C15H17Cl2NO2/c1-3-7-18(11-19)10-15(20-8-4-2)13-6-5-12(16)9-14(13)17/h3-6,9,11,15H,1-2,7-8,10H2. The first-order chi connectivity index (χ1) is 9.62. The number of halogens is 2. The summed E-state index contributed by atoms with van der Waals surface area (Å²) in [6, 6.07) is 5.20. The van der Waals surface area contributed by atoms with Gasteiger partial charge in [0.15, 0.2) is 0 Å². The van der Waals surface area contributed by atoms with Gasteiger partial charge in [0.1, 0.15) is 6.10 Å². The van der Waals surface area contributed by atoms with Crippen molar-refractivity contribution in [1.29, 1.82) is 0 Å². The third kappa shape index (κ3) is 5.00. The summed E-state index contributed by atoms with van der Waals surface area (Å²) >= 11 is 12.1. The second kappa shape index (κ2) is 8.80. The van der Waals surface area contributed by atoms with Crippen molar-refractivity contribution in [2.75, 3.05) is 19.7 Å². The molecule has 0 fully saturated rings. The highest BCUT2D eigenvalue weighted by molar-refractivity contribution is 6.35. The van der Waals surface area contributed by atoms with E-state index >= 15 is 0 Å². The number of hydrogen-bond donors (Lipinski definition) is 0. The quantitative estimate of drug-likeness (QED) is 0.511. The van der Waals surface area contributed by atoms with Crippen molar-refractivity contribution in [3.05, 3.63) is 59.1 Å². The molecule has 0 radical (unpaired) electrons. The summed E-state index contributed by atoms with van der Waals surface area (Å²) in [6.07, 6.45) is 3.72. The number of hydrogen-bond acceptors (Lipinski definition) is 2. The molecule has 1 unspecified atom stereocenters. The molecule has 0 spiro atoms. The van der Waals surface area contributed by atoms with Gasteiger partial charge in [-0.1, -0.05) is 41.4 Å². The summed E-state index contributed by atoms with van der Waals surface area (Å²) in [5.74, 6) is 0. The van der Waals surface area contributed by atoms with Gasteiger partial charge in [-0.05, 0) is 12.1 Å². The molecule has 1 aromatic carbocycles. The SMILES string of the molecule is C=CCOC(CN(C=O)CC=C)c1ccc(Cl)cc1Cl. The van der Waals surface area contributed by atoms with E-state index in [1.54, 1.807) is 35.3 Å². The Kier molecular flexibility index (Phi) is 7.37. The van der Waals surface area contributed by atoms with Crippen LogP contribution in [0.4, 0.5) is 0 Å². The Labute approximate surface area is 129 Å². The lowest BCUT2D eigenvalue weighted by Gasteiger charge is -2.24. The molecule has 0 N–H and O–H groups in total. The van der Waals surface area contributed by atoms with E-state index in [1.807, 2.05) is 0 Å². The van der Waals surface area contributed by atoms with Gasteiger partial charge in [0.25, 0.3) is 0 Å². The number of ether oxygens (including phenoxy) is 1. The van der Waals surface area contributed by atoms with Crippen LogP contribution in [0.2, 0.25) is 10.0 Å². The zero-order chi connectivity index (χ0) is 15.0. The van der Waals surface area contributed by atoms with Crippen LogP contribution in [0.5, 0.6) is 0 Å². The number of amides is 1. The Morgan fingerprint density at radius 1 is 1.30 bits per heavy atom. The maximum Gasteiger partial charge on any atom is 0.210 e. The Hall–Kier alpha value is -1.29. The average Bonchev–Trinajstić information content (AvgIpc) is 2.43. The molecular weight excluding hydrogens is 297 g/mol. The second-order valence-electron chi connectivity index (χ2n) is 4.12. The number of carbonyl (C=O) groups excluding carboxylic acids is 1. The first-order valence-corrected chi connectivity index (χ1v) is 6.85. The van der Waals surface area contributed by atoms with Gasteiger partial charge < -0.3 is 9.64 Å². The van der Waals surface area contributed by atoms with Crippen molar-refractivity contribution in [3.63, 3.8) is 0 Å². The summed E-state index contributed by atoms with van der Waals surface area (Å²) in [7, 11) is 0. The van der Waals surface area contributed by atoms with Crippen molar-refractivity contribution in [2.24, 2.45) is 0 Å². The number of benzene rings is 1. The zero-order valence-electron chi connectivity index (χ0n) is 11.1. The second-order valence-corrected chi connectivity index (χ2v) is 4.97. The third-order valence-corrected chi connectivity index (χ3v) is 3.20. The predicted molar refractivity (Wildman–Crippen MR) is 83.2 cm³/mol. The molecule has 108 valence electrons. The first-order valence-electron chi connectivity index (χ1n) is 6.10. The molecule has 5 heteroatoms. The van der Waals surface area contributed by atoms with Crippen LogP contribution in [-0.2, 0) is 9.53 Å². The normalized spacial score (nSPS) is 11.7. The highest BCUT2D eigenvalue weighted by Crippen LogP contribution is 2.29. The molecule has 0 aromatic heterocycles. The first kappa shape index (κ1) is 16.8. The minimum absolute atomic E-state index is 0.345. The maximum absolute atomic E-state index is 11.0. The van der Waals surface area contributed by atoms with E-state index in [1.165, 1.54) is 0 Å². The molecule has 0 aliphatic heterocycles. The average molecular weight is 314 g/mol. The van der Waals surface area contributed by atoms with Crippen LogP contribution in [0, 0.1) is 0 Å². The topological polar surface area (TPSA) is 29.5 Å². The Morgan fingerprint density at radius 2 is 2.05 bits per heavy atom. The van der Waals surface area contributed by atoms with Crippen LogP contribution in [-0.4, -0.2) is 31.0 Å². The number of nitrogens with zero attached hydrogens (tertiary/aromatic N) is 1. The molecule has 0 bridgehead atoms. The number of rotatable bonds is 9. The molecule has 1 rings (SSSR count). The van der Waals surface area contributed by atoms with Crippen molar-refractivity contribution >= 4 is 29.6 Å². The van der Waals surface area contributed by atoms with Gasteiger partial charge in [-0.3, -0.25) is 4.79 Å². The van der Waals surface area contributed by atoms with Crippen molar-refractivity contribution < 1.29 is 9.53 Å². The highest BCUT2D eigenvalue weighted by Gasteiger charge is 2.18. The molecule has 0 saturated carbocycles. The molecule has 1 atom stereocenters. The van der Waals surface area contributed by atoms with E-state index in [0.717, 1.165) is 12.0 Å². The fraction of sp³-hybridized carbons (Fsp3) is 0.267. The zero-order valence-corrected chi connectivity index (χ0v) is 12.6. The molecule has 0 aliphatic carbocycles. The minimum atomic E-state index is -0.345. The lowest BCUT2D eigenvalue weighted by atomic mass is 10.1. The molecule has 0 aliphatic rings. The summed E-state index contributed by atoms with van der Waals surface area (Å²) in [5.41, 5.74) is 0.786. The van der Waals surface area contributed by atoms with Crippen LogP contribution in [0.25, 0.3) is 0 Å². The van der Waals surface area contributed by atoms with Crippen LogP contribution >= 0.6 is 23.2 Å². The Balaban J connectivity index is 2.94. The third-order valence-electron chi connectivity index (χ3n) is 2.64. The summed E-state index contributed by atoms with van der Waals surface area (Å²) in [6.45, 7) is 8.43. The fourth-order valence-corrected chi connectivity index (χ4v) is 2.26. The minimum Gasteiger partial charge on any atom is -0.368 e. The van der Waals surface area contributed by atoms with Gasteiger partial charge in [0.2, 0.25) is 6.41 Å². The van der Waals surface area contributed by atoms with E-state index in [-0.39, 0.29) is 6.10 Å². The van der Waals surface area contributed by atoms with Gasteiger partial charge >= 0.3 is 0 Å². The fourth-order valence-electron chi connectivity index (χ4n) is 1.73. The lowest BCUT2D eigenvalue weighted by molar-refractivity contribution is -0.119. The maximum atomic E-state index is 11.0. The van der Waals surface area contributed by atoms with Crippen LogP contribution < -0.4 is 0 Å². The molecular formula is C15H17Cl2NO2. The smallest absolute Gasteiger partial charge is 0.210 e. The molecule has 0 heterocycles. The van der Waals surface area contributed by atoms with Gasteiger partial charge in [-0.2, -0.15) is 0 Å². The summed E-state index contributed by atoms with van der Waals surface area (Å²) in [5, 5.41) is 1.07. The Morgan fingerprint density at radius 3 is 2.60 bits per heavy atom. The van der Waals surface area contributed by atoms with Crippen LogP contribution in [0.15, 0.2) is 43.5 Å². The Bertz CT molecular complexity index is 477. The summed E-state index contributed by atoms with van der Waals surface area (Å²) in [4.78, 5) is 12.6. The van der Waals surface area contributed by atoms with E-state index in [9.17, 15) is 4.79 Å². The molecule has 1 aromatic rings. The largest absolute Gasteiger partial charge is 0.368 e. The van der Waals surface area contributed by atoms with Crippen LogP contribution in [0.1, 0.15) is 11.7 Å². The molecule has 3 nitrogen and oxygen atoms in total. The van der Waals surface area contributed by atoms with Crippen LogP contribution in [0.3, 0.4) is 0 Å². The van der Waals surface area contributed by atoms with E-state index in [2.05, 4.69) is 13.2 Å². The summed E-state index contributed by atoms with van der Waals surface area (Å²) < 4.78 is 5.70. The molecule has 20 heavy (non-hydrogen) atoms. The van der Waals surface area contributed by atoms with Crippen molar-refractivity contribution in [3.8, 4) is 0 Å². The van der Waals surface area contributed by atoms with Gasteiger partial charge in [0.05, 0.1) is 13.2 Å². The van der Waals surface area contributed by atoms with Gasteiger partial charge in [-0.25, -0.2) is 0 Å². The highest BCUT2D eigenvalue weighted by atomic mass is 35.5. The molecule has 1 amide bonds. The monoisotopic (exact) mass is 313 g/mol. The van der Waals surface area contributed by atoms with E-state index in [0.29, 0.717) is 29.7 Å². The van der Waals surface area contributed by atoms with Gasteiger partial charge in [-0.15, -0.1) is 13.2 Å². The lowest BCUT2D eigenvalue weighted by Crippen LogP contribution is -2.29. The van der Waals surface area contributed by atoms with E-state index < -0.39 is 0 Å². The van der Waals surface area contributed by atoms with Crippen molar-refractivity contribution in [2.45, 2.75) is 6.10 Å². The van der Waals surface area contributed by atoms with Crippen molar-refractivity contribution in [1.82, 2.24) is 4.90 Å². The van der Waals surface area contributed by atoms with E-state index in [4.69, 9.17) is 27.9 Å².